The van der Waals surface area contributed by atoms with E-state index in [9.17, 15) is 8.42 Å². The zero-order valence-electron chi connectivity index (χ0n) is 9.41. The van der Waals surface area contributed by atoms with Gasteiger partial charge in [-0.1, -0.05) is 0 Å². The molecule has 1 saturated carbocycles. The van der Waals surface area contributed by atoms with Crippen molar-refractivity contribution in [3.8, 4) is 0 Å². The van der Waals surface area contributed by atoms with E-state index in [-0.39, 0.29) is 16.8 Å². The molecule has 2 aliphatic rings. The first-order chi connectivity index (χ1) is 8.07. The van der Waals surface area contributed by atoms with E-state index in [4.69, 9.17) is 5.73 Å². The van der Waals surface area contributed by atoms with E-state index in [1.54, 1.807) is 4.31 Å². The molecular weight excluding hydrogens is 238 g/mol. The van der Waals surface area contributed by atoms with E-state index in [0.717, 1.165) is 19.3 Å². The Morgan fingerprint density at radius 2 is 2.24 bits per heavy atom. The molecule has 2 N–H and O–H groups in total. The summed E-state index contributed by atoms with van der Waals surface area (Å²) >= 11 is 0. The number of hydrogen-bond donors (Lipinski definition) is 1. The molecule has 0 radical (unpaired) electrons. The van der Waals surface area contributed by atoms with Crippen LogP contribution < -0.4 is 5.73 Å². The molecular formula is C11H15N3O2S. The van der Waals surface area contributed by atoms with Gasteiger partial charge in [-0.25, -0.2) is 13.4 Å². The molecule has 2 heterocycles. The van der Waals surface area contributed by atoms with Crippen molar-refractivity contribution in [1.82, 2.24) is 9.29 Å². The normalized spacial score (nSPS) is 28.7. The second-order valence-electron chi connectivity index (χ2n) is 4.82. The lowest BCUT2D eigenvalue weighted by Crippen LogP contribution is -2.37. The molecule has 0 amide bonds. The highest BCUT2D eigenvalue weighted by molar-refractivity contribution is 7.89. The molecule has 1 saturated heterocycles. The molecule has 2 atom stereocenters. The van der Waals surface area contributed by atoms with Gasteiger partial charge in [-0.15, -0.1) is 0 Å². The minimum atomic E-state index is -3.38. The highest BCUT2D eigenvalue weighted by atomic mass is 32.2. The lowest BCUT2D eigenvalue weighted by molar-refractivity contribution is 0.333. The minimum Gasteiger partial charge on any atom is -0.384 e. The SMILES string of the molecule is Nc1cc(S(=O)(=O)N2CC3CCC2C3)ccn1. The fourth-order valence-electron chi connectivity index (χ4n) is 2.90. The van der Waals surface area contributed by atoms with Crippen LogP contribution in [0.15, 0.2) is 23.2 Å². The Morgan fingerprint density at radius 3 is 2.82 bits per heavy atom. The molecule has 5 nitrogen and oxygen atoms in total. The molecule has 0 spiro atoms. The van der Waals surface area contributed by atoms with Crippen LogP contribution >= 0.6 is 0 Å². The number of pyridine rings is 1. The summed E-state index contributed by atoms with van der Waals surface area (Å²) in [7, 11) is -3.38. The van der Waals surface area contributed by atoms with Gasteiger partial charge >= 0.3 is 0 Å². The first-order valence-electron chi connectivity index (χ1n) is 5.81. The second kappa shape index (κ2) is 3.68. The number of aromatic nitrogens is 1. The topological polar surface area (TPSA) is 76.3 Å². The van der Waals surface area contributed by atoms with Crippen molar-refractivity contribution in [2.45, 2.75) is 30.2 Å². The van der Waals surface area contributed by atoms with Crippen molar-refractivity contribution >= 4 is 15.8 Å². The first-order valence-corrected chi connectivity index (χ1v) is 7.25. The highest BCUT2D eigenvalue weighted by Crippen LogP contribution is 2.40. The summed E-state index contributed by atoms with van der Waals surface area (Å²) in [5.41, 5.74) is 5.54. The van der Waals surface area contributed by atoms with E-state index in [1.165, 1.54) is 18.3 Å². The Morgan fingerprint density at radius 1 is 1.41 bits per heavy atom. The maximum atomic E-state index is 12.4. The van der Waals surface area contributed by atoms with Crippen LogP contribution in [0.3, 0.4) is 0 Å². The third-order valence-corrected chi connectivity index (χ3v) is 5.63. The molecule has 1 aliphatic heterocycles. The van der Waals surface area contributed by atoms with Crippen LogP contribution in [0.25, 0.3) is 0 Å². The van der Waals surface area contributed by atoms with Gasteiger partial charge in [0.15, 0.2) is 0 Å². The van der Waals surface area contributed by atoms with Crippen LogP contribution in [-0.2, 0) is 10.0 Å². The average Bonchev–Trinajstić information content (AvgIpc) is 2.91. The van der Waals surface area contributed by atoms with E-state index in [1.807, 2.05) is 0 Å². The maximum Gasteiger partial charge on any atom is 0.243 e. The summed E-state index contributed by atoms with van der Waals surface area (Å²) in [6.07, 6.45) is 4.61. The van der Waals surface area contributed by atoms with Gasteiger partial charge < -0.3 is 5.73 Å². The number of nitrogens with two attached hydrogens (primary N) is 1. The van der Waals surface area contributed by atoms with Gasteiger partial charge in [-0.05, 0) is 31.2 Å². The van der Waals surface area contributed by atoms with Crippen molar-refractivity contribution < 1.29 is 8.42 Å². The molecule has 0 aromatic carbocycles. The second-order valence-corrected chi connectivity index (χ2v) is 6.71. The Kier molecular flexibility index (Phi) is 2.38. The zero-order valence-corrected chi connectivity index (χ0v) is 10.2. The van der Waals surface area contributed by atoms with E-state index >= 15 is 0 Å². The summed E-state index contributed by atoms with van der Waals surface area (Å²) in [5.74, 6) is 0.796. The molecule has 2 fully saturated rings. The van der Waals surface area contributed by atoms with E-state index < -0.39 is 10.0 Å². The van der Waals surface area contributed by atoms with Crippen molar-refractivity contribution in [3.05, 3.63) is 18.3 Å². The predicted octanol–water partition coefficient (Wildman–Crippen LogP) is 0.837. The van der Waals surface area contributed by atoms with Crippen LogP contribution in [0.1, 0.15) is 19.3 Å². The lowest BCUT2D eigenvalue weighted by Gasteiger charge is -2.26. The van der Waals surface area contributed by atoms with Crippen LogP contribution in [0.4, 0.5) is 5.82 Å². The van der Waals surface area contributed by atoms with Gasteiger partial charge in [0.1, 0.15) is 5.82 Å². The van der Waals surface area contributed by atoms with Gasteiger partial charge in [-0.2, -0.15) is 4.31 Å². The Bertz CT molecular complexity index is 543. The fraction of sp³-hybridized carbons (Fsp3) is 0.545. The van der Waals surface area contributed by atoms with Crippen molar-refractivity contribution in [1.29, 1.82) is 0 Å². The third-order valence-electron chi connectivity index (χ3n) is 3.72. The minimum absolute atomic E-state index is 0.194. The fourth-order valence-corrected chi connectivity index (χ4v) is 4.66. The van der Waals surface area contributed by atoms with Crippen LogP contribution in [0, 0.1) is 5.92 Å². The summed E-state index contributed by atoms with van der Waals surface area (Å²) in [4.78, 5) is 4.08. The molecule has 3 rings (SSSR count). The van der Waals surface area contributed by atoms with Gasteiger partial charge in [0.2, 0.25) is 10.0 Å². The predicted molar refractivity (Wildman–Crippen MR) is 63.7 cm³/mol. The molecule has 1 aromatic heterocycles. The number of nitrogens with zero attached hydrogens (tertiary/aromatic N) is 2. The maximum absolute atomic E-state index is 12.4. The lowest BCUT2D eigenvalue weighted by atomic mass is 10.1. The monoisotopic (exact) mass is 253 g/mol. The average molecular weight is 253 g/mol. The van der Waals surface area contributed by atoms with Crippen molar-refractivity contribution in [2.75, 3.05) is 12.3 Å². The number of rotatable bonds is 2. The standard InChI is InChI=1S/C11H15N3O2S/c12-11-6-10(3-4-13-11)17(15,16)14-7-8-1-2-9(14)5-8/h3-4,6,8-9H,1-2,5,7H2,(H2,12,13). The zero-order chi connectivity index (χ0) is 12.0. The van der Waals surface area contributed by atoms with E-state index in [0.29, 0.717) is 12.5 Å². The number of fused-ring (bicyclic) bond motifs is 2. The molecule has 6 heteroatoms. The van der Waals surface area contributed by atoms with Gasteiger partial charge in [0.05, 0.1) is 4.90 Å². The molecule has 17 heavy (non-hydrogen) atoms. The van der Waals surface area contributed by atoms with Crippen LogP contribution in [0.2, 0.25) is 0 Å². The Balaban J connectivity index is 1.96. The van der Waals surface area contributed by atoms with Gasteiger partial charge in [-0.3, -0.25) is 0 Å². The molecule has 1 aromatic rings. The summed E-state index contributed by atoms with van der Waals surface area (Å²) in [6, 6.07) is 3.14. The third kappa shape index (κ3) is 1.71. The number of anilines is 1. The molecule has 92 valence electrons. The van der Waals surface area contributed by atoms with Gasteiger partial charge in [0, 0.05) is 24.8 Å². The largest absolute Gasteiger partial charge is 0.384 e. The number of hydrogen-bond acceptors (Lipinski definition) is 4. The highest BCUT2D eigenvalue weighted by Gasteiger charge is 2.44. The van der Waals surface area contributed by atoms with E-state index in [2.05, 4.69) is 4.98 Å². The number of piperidine rings is 1. The smallest absolute Gasteiger partial charge is 0.243 e. The molecule has 2 unspecified atom stereocenters. The van der Waals surface area contributed by atoms with Crippen molar-refractivity contribution in [3.63, 3.8) is 0 Å². The summed E-state index contributed by atoms with van der Waals surface area (Å²) in [5, 5.41) is 0. The van der Waals surface area contributed by atoms with Gasteiger partial charge in [0.25, 0.3) is 0 Å². The van der Waals surface area contributed by atoms with Crippen LogP contribution in [-0.4, -0.2) is 30.3 Å². The van der Waals surface area contributed by atoms with Crippen LogP contribution in [0.5, 0.6) is 0 Å². The quantitative estimate of drug-likeness (QED) is 0.847. The van der Waals surface area contributed by atoms with Crippen molar-refractivity contribution in [2.24, 2.45) is 5.92 Å². The first kappa shape index (κ1) is 11.0. The summed E-state index contributed by atoms with van der Waals surface area (Å²) in [6.45, 7) is 0.662. The Labute approximate surface area is 101 Å². The Hall–Kier alpha value is -1.14. The summed E-state index contributed by atoms with van der Waals surface area (Å²) < 4.78 is 26.5. The number of nitrogen functional groups attached to an aromatic ring is 1. The number of sulfonamides is 1. The molecule has 1 aliphatic carbocycles. The molecule has 2 bridgehead atoms.